The number of Topliss-reactive ketones (excluding diaryl/α,β-unsaturated/α-hetero) is 2. The first kappa shape index (κ1) is 19.6. The summed E-state index contributed by atoms with van der Waals surface area (Å²) in [5.41, 5.74) is 0.610. The molecular weight excluding hydrogens is 356 g/mol. The number of carbonyl (C=O) groups excluding carboxylic acids is 3. The van der Waals surface area contributed by atoms with Crippen LogP contribution in [-0.2, 0) is 19.1 Å². The minimum Gasteiger partial charge on any atom is -0.458 e. The molecule has 2 unspecified atom stereocenters. The Hall–Kier alpha value is -1.75. The molecule has 1 N–H and O–H groups in total. The number of hydrogen-bond donors (Lipinski definition) is 1. The topological polar surface area (TPSA) is 80.7 Å². The molecule has 0 amide bonds. The van der Waals surface area contributed by atoms with Crippen molar-refractivity contribution in [2.24, 2.45) is 22.7 Å². The molecule has 4 rings (SSSR count). The van der Waals surface area contributed by atoms with Crippen LogP contribution in [0.25, 0.3) is 0 Å². The smallest absolute Gasteiger partial charge is 0.303 e. The lowest BCUT2D eigenvalue weighted by Crippen LogP contribution is -2.55. The number of fused-ring (bicyclic) bond motifs is 5. The molecule has 0 bridgehead atoms. The van der Waals surface area contributed by atoms with Gasteiger partial charge in [0.25, 0.3) is 0 Å². The zero-order valence-corrected chi connectivity index (χ0v) is 17.0. The normalized spacial score (nSPS) is 41.9. The van der Waals surface area contributed by atoms with Crippen molar-refractivity contribution in [2.45, 2.75) is 71.3 Å². The van der Waals surface area contributed by atoms with Crippen LogP contribution in [0.2, 0.25) is 0 Å². The Morgan fingerprint density at radius 3 is 2.71 bits per heavy atom. The van der Waals surface area contributed by atoms with Crippen molar-refractivity contribution in [3.05, 3.63) is 23.3 Å². The summed E-state index contributed by atoms with van der Waals surface area (Å²) < 4.78 is 4.90. The van der Waals surface area contributed by atoms with Gasteiger partial charge in [-0.15, -0.1) is 0 Å². The van der Waals surface area contributed by atoms with E-state index in [9.17, 15) is 19.5 Å². The lowest BCUT2D eigenvalue weighted by Gasteiger charge is -2.53. The van der Waals surface area contributed by atoms with Gasteiger partial charge in [-0.1, -0.05) is 37.1 Å². The summed E-state index contributed by atoms with van der Waals surface area (Å²) >= 11 is 0. The summed E-state index contributed by atoms with van der Waals surface area (Å²) in [5.74, 6) is -0.0460. The number of esters is 1. The third-order valence-electron chi connectivity index (χ3n) is 8.33. The van der Waals surface area contributed by atoms with E-state index in [2.05, 4.69) is 19.1 Å². The SMILES string of the molecule is CC(=O)OCC(=O)[C@@]1(O)CCC2C3CC=C4CC(=O)CC[C@]4(C)C3=CC[C@@]21C. The molecular formula is C23H30O5. The summed E-state index contributed by atoms with van der Waals surface area (Å²) in [7, 11) is 0. The third-order valence-corrected chi connectivity index (χ3v) is 8.33. The number of aliphatic hydroxyl groups is 1. The number of hydrogen-bond acceptors (Lipinski definition) is 5. The predicted octanol–water partition coefficient (Wildman–Crippen LogP) is 3.30. The first-order valence-corrected chi connectivity index (χ1v) is 10.4. The van der Waals surface area contributed by atoms with Gasteiger partial charge in [0, 0.05) is 30.6 Å². The minimum absolute atomic E-state index is 0.0549. The van der Waals surface area contributed by atoms with Crippen LogP contribution in [-0.4, -0.2) is 34.9 Å². The molecule has 5 nitrogen and oxygen atoms in total. The summed E-state index contributed by atoms with van der Waals surface area (Å²) in [4.78, 5) is 35.9. The van der Waals surface area contributed by atoms with Gasteiger partial charge in [0.1, 0.15) is 11.4 Å². The molecule has 0 aromatic carbocycles. The van der Waals surface area contributed by atoms with Crippen LogP contribution in [0.4, 0.5) is 0 Å². The maximum absolute atomic E-state index is 12.8. The Morgan fingerprint density at radius 2 is 2.00 bits per heavy atom. The van der Waals surface area contributed by atoms with Crippen molar-refractivity contribution in [1.82, 2.24) is 0 Å². The first-order valence-electron chi connectivity index (χ1n) is 10.4. The molecule has 4 aliphatic rings. The van der Waals surface area contributed by atoms with Crippen molar-refractivity contribution in [3.63, 3.8) is 0 Å². The zero-order valence-electron chi connectivity index (χ0n) is 17.0. The average molecular weight is 386 g/mol. The highest BCUT2D eigenvalue weighted by Crippen LogP contribution is 2.65. The highest BCUT2D eigenvalue weighted by atomic mass is 16.5. The minimum atomic E-state index is -1.46. The van der Waals surface area contributed by atoms with E-state index in [1.165, 1.54) is 18.1 Å². The van der Waals surface area contributed by atoms with Crippen molar-refractivity contribution in [2.75, 3.05) is 6.61 Å². The fourth-order valence-corrected chi connectivity index (χ4v) is 6.54. The molecule has 2 fully saturated rings. The monoisotopic (exact) mass is 386 g/mol. The summed E-state index contributed by atoms with van der Waals surface area (Å²) in [6.07, 6.45) is 9.27. The van der Waals surface area contributed by atoms with Crippen LogP contribution < -0.4 is 0 Å². The molecule has 2 saturated carbocycles. The molecule has 152 valence electrons. The lowest BCUT2D eigenvalue weighted by atomic mass is 9.51. The molecule has 0 aromatic heterocycles. The van der Waals surface area contributed by atoms with Gasteiger partial charge in [0.2, 0.25) is 5.78 Å². The van der Waals surface area contributed by atoms with E-state index >= 15 is 0 Å². The van der Waals surface area contributed by atoms with Gasteiger partial charge in [0.15, 0.2) is 6.61 Å². The Kier molecular flexibility index (Phi) is 4.46. The van der Waals surface area contributed by atoms with Crippen LogP contribution >= 0.6 is 0 Å². The molecule has 0 spiro atoms. The fraction of sp³-hybridized carbons (Fsp3) is 0.696. The van der Waals surface area contributed by atoms with Crippen LogP contribution in [0.1, 0.15) is 65.7 Å². The standard InChI is InChI=1S/C23H30O5/c1-14(24)28-13-20(26)23(27)11-8-19-17-5-4-15-12-16(25)6-9-21(15,2)18(17)7-10-22(19,23)3/h4,7,17,19,27H,5-6,8-13H2,1-3H3/t17?,19?,21-,22-,23-/m0/s1. The number of ether oxygens (including phenoxy) is 1. The predicted molar refractivity (Wildman–Crippen MR) is 103 cm³/mol. The second-order valence-corrected chi connectivity index (χ2v) is 9.61. The van der Waals surface area contributed by atoms with Crippen molar-refractivity contribution >= 4 is 17.5 Å². The highest BCUT2D eigenvalue weighted by molar-refractivity contribution is 5.91. The molecule has 0 aromatic rings. The van der Waals surface area contributed by atoms with E-state index in [1.807, 2.05) is 6.92 Å². The quantitative estimate of drug-likeness (QED) is 0.595. The molecule has 0 heterocycles. The Bertz CT molecular complexity index is 808. The Labute approximate surface area is 166 Å². The van der Waals surface area contributed by atoms with Gasteiger partial charge in [-0.25, -0.2) is 0 Å². The van der Waals surface area contributed by atoms with Gasteiger partial charge in [-0.2, -0.15) is 0 Å². The Morgan fingerprint density at radius 1 is 1.25 bits per heavy atom. The molecule has 5 atom stereocenters. The van der Waals surface area contributed by atoms with Gasteiger partial charge in [-0.3, -0.25) is 14.4 Å². The molecule has 28 heavy (non-hydrogen) atoms. The van der Waals surface area contributed by atoms with Gasteiger partial charge < -0.3 is 9.84 Å². The third kappa shape index (κ3) is 2.58. The van der Waals surface area contributed by atoms with Crippen LogP contribution in [0.5, 0.6) is 0 Å². The zero-order chi connectivity index (χ0) is 20.3. The highest BCUT2D eigenvalue weighted by Gasteiger charge is 2.64. The summed E-state index contributed by atoms with van der Waals surface area (Å²) in [5, 5.41) is 11.4. The molecule has 4 aliphatic carbocycles. The van der Waals surface area contributed by atoms with E-state index in [-0.39, 0.29) is 23.7 Å². The number of carbonyl (C=O) groups is 3. The maximum Gasteiger partial charge on any atom is 0.303 e. The van der Waals surface area contributed by atoms with Gasteiger partial charge >= 0.3 is 5.97 Å². The second-order valence-electron chi connectivity index (χ2n) is 9.61. The Balaban J connectivity index is 1.65. The van der Waals surface area contributed by atoms with E-state index in [0.29, 0.717) is 37.4 Å². The number of allylic oxidation sites excluding steroid dienone is 4. The lowest BCUT2D eigenvalue weighted by molar-refractivity contribution is -0.162. The van der Waals surface area contributed by atoms with E-state index in [0.717, 1.165) is 19.3 Å². The maximum atomic E-state index is 12.8. The van der Waals surface area contributed by atoms with Crippen molar-refractivity contribution < 1.29 is 24.2 Å². The molecule has 0 radical (unpaired) electrons. The summed E-state index contributed by atoms with van der Waals surface area (Å²) in [6.45, 7) is 5.20. The van der Waals surface area contributed by atoms with E-state index < -0.39 is 17.0 Å². The molecule has 0 aliphatic heterocycles. The van der Waals surface area contributed by atoms with E-state index in [4.69, 9.17) is 4.74 Å². The number of rotatable bonds is 3. The van der Waals surface area contributed by atoms with Gasteiger partial charge in [-0.05, 0) is 43.9 Å². The fourth-order valence-electron chi connectivity index (χ4n) is 6.54. The van der Waals surface area contributed by atoms with Crippen LogP contribution in [0.15, 0.2) is 23.3 Å². The van der Waals surface area contributed by atoms with Crippen LogP contribution in [0, 0.1) is 22.7 Å². The van der Waals surface area contributed by atoms with Gasteiger partial charge in [0.05, 0.1) is 0 Å². The largest absolute Gasteiger partial charge is 0.458 e. The summed E-state index contributed by atoms with van der Waals surface area (Å²) in [6, 6.07) is 0. The van der Waals surface area contributed by atoms with E-state index in [1.54, 1.807) is 0 Å². The molecule has 5 heteroatoms. The van der Waals surface area contributed by atoms with Crippen molar-refractivity contribution in [1.29, 1.82) is 0 Å². The van der Waals surface area contributed by atoms with Crippen molar-refractivity contribution in [3.8, 4) is 0 Å². The number of ketones is 2. The molecule has 0 saturated heterocycles. The average Bonchev–Trinajstić information content (AvgIpc) is 2.92. The second kappa shape index (κ2) is 6.38. The first-order chi connectivity index (χ1) is 13.1. The van der Waals surface area contributed by atoms with Crippen LogP contribution in [0.3, 0.4) is 0 Å².